The SMILES string of the molecule is CCC(C)CC(=O)NCC1CCCCC1C(=O)O. The van der Waals surface area contributed by atoms with E-state index in [1.54, 1.807) is 0 Å². The molecule has 1 aliphatic carbocycles. The summed E-state index contributed by atoms with van der Waals surface area (Å²) in [6, 6.07) is 0. The number of aliphatic carboxylic acids is 1. The first-order valence-electron chi connectivity index (χ1n) is 7.04. The van der Waals surface area contributed by atoms with E-state index in [9.17, 15) is 9.59 Å². The van der Waals surface area contributed by atoms with Crippen LogP contribution in [0, 0.1) is 17.8 Å². The lowest BCUT2D eigenvalue weighted by atomic mass is 9.79. The van der Waals surface area contributed by atoms with E-state index in [4.69, 9.17) is 5.11 Å². The predicted molar refractivity (Wildman–Crippen MR) is 70.2 cm³/mol. The fraction of sp³-hybridized carbons (Fsp3) is 0.857. The van der Waals surface area contributed by atoms with E-state index in [0.29, 0.717) is 18.9 Å². The highest BCUT2D eigenvalue weighted by molar-refractivity contribution is 5.76. The molecule has 1 amide bonds. The second kappa shape index (κ2) is 7.39. The van der Waals surface area contributed by atoms with Crippen molar-refractivity contribution in [1.82, 2.24) is 5.32 Å². The second-order valence-electron chi connectivity index (χ2n) is 5.51. The Bertz CT molecular complexity index is 291. The van der Waals surface area contributed by atoms with Gasteiger partial charge >= 0.3 is 5.97 Å². The lowest BCUT2D eigenvalue weighted by Gasteiger charge is -2.28. The van der Waals surface area contributed by atoms with Gasteiger partial charge in [-0.3, -0.25) is 9.59 Å². The van der Waals surface area contributed by atoms with Gasteiger partial charge in [0.15, 0.2) is 0 Å². The molecule has 0 aromatic rings. The maximum atomic E-state index is 11.7. The lowest BCUT2D eigenvalue weighted by Crippen LogP contribution is -2.37. The van der Waals surface area contributed by atoms with Crippen LogP contribution >= 0.6 is 0 Å². The number of amides is 1. The number of hydrogen-bond acceptors (Lipinski definition) is 2. The van der Waals surface area contributed by atoms with Crippen molar-refractivity contribution in [2.75, 3.05) is 6.54 Å². The van der Waals surface area contributed by atoms with E-state index >= 15 is 0 Å². The molecule has 0 spiro atoms. The molecule has 0 aromatic heterocycles. The summed E-state index contributed by atoms with van der Waals surface area (Å²) >= 11 is 0. The third kappa shape index (κ3) is 4.67. The Kier molecular flexibility index (Phi) is 6.16. The Morgan fingerprint density at radius 1 is 1.33 bits per heavy atom. The number of rotatable bonds is 6. The molecular weight excluding hydrogens is 230 g/mol. The van der Waals surface area contributed by atoms with E-state index in [1.165, 1.54) is 0 Å². The number of carbonyl (C=O) groups excluding carboxylic acids is 1. The molecule has 3 atom stereocenters. The molecular formula is C14H25NO3. The zero-order valence-corrected chi connectivity index (χ0v) is 11.4. The fourth-order valence-electron chi connectivity index (χ4n) is 2.56. The van der Waals surface area contributed by atoms with E-state index in [1.807, 2.05) is 0 Å². The maximum Gasteiger partial charge on any atom is 0.306 e. The molecule has 1 aliphatic rings. The summed E-state index contributed by atoms with van der Waals surface area (Å²) in [4.78, 5) is 22.8. The molecule has 104 valence electrons. The minimum atomic E-state index is -0.712. The summed E-state index contributed by atoms with van der Waals surface area (Å²) in [5, 5.41) is 12.0. The number of carbonyl (C=O) groups is 2. The Balaban J connectivity index is 2.36. The molecule has 0 radical (unpaired) electrons. The number of nitrogens with one attached hydrogen (secondary N) is 1. The average molecular weight is 255 g/mol. The number of carboxylic acids is 1. The minimum Gasteiger partial charge on any atom is -0.481 e. The molecule has 0 saturated heterocycles. The molecule has 1 saturated carbocycles. The number of carboxylic acid groups (broad SMARTS) is 1. The summed E-state index contributed by atoms with van der Waals surface area (Å²) in [6.45, 7) is 4.64. The smallest absolute Gasteiger partial charge is 0.306 e. The predicted octanol–water partition coefficient (Wildman–Crippen LogP) is 2.43. The van der Waals surface area contributed by atoms with Crippen LogP contribution in [0.1, 0.15) is 52.4 Å². The molecule has 0 bridgehead atoms. The van der Waals surface area contributed by atoms with Gasteiger partial charge in [0, 0.05) is 13.0 Å². The van der Waals surface area contributed by atoms with E-state index in [-0.39, 0.29) is 17.7 Å². The first kappa shape index (κ1) is 15.0. The minimum absolute atomic E-state index is 0.0547. The quantitative estimate of drug-likeness (QED) is 0.766. The highest BCUT2D eigenvalue weighted by atomic mass is 16.4. The molecule has 0 heterocycles. The highest BCUT2D eigenvalue weighted by Crippen LogP contribution is 2.29. The van der Waals surface area contributed by atoms with Gasteiger partial charge in [0.05, 0.1) is 5.92 Å². The van der Waals surface area contributed by atoms with Crippen LogP contribution in [-0.4, -0.2) is 23.5 Å². The summed E-state index contributed by atoms with van der Waals surface area (Å²) in [6.07, 6.45) is 5.28. The molecule has 1 fully saturated rings. The van der Waals surface area contributed by atoms with Gasteiger partial charge in [-0.15, -0.1) is 0 Å². The molecule has 4 heteroatoms. The molecule has 4 nitrogen and oxygen atoms in total. The van der Waals surface area contributed by atoms with Gasteiger partial charge in [0.1, 0.15) is 0 Å². The summed E-state index contributed by atoms with van der Waals surface area (Å²) in [5.74, 6) is -0.429. The van der Waals surface area contributed by atoms with Crippen LogP contribution in [0.15, 0.2) is 0 Å². The van der Waals surface area contributed by atoms with Gasteiger partial charge in [-0.1, -0.05) is 33.1 Å². The van der Waals surface area contributed by atoms with Gasteiger partial charge in [-0.25, -0.2) is 0 Å². The van der Waals surface area contributed by atoms with Crippen molar-refractivity contribution in [2.45, 2.75) is 52.4 Å². The normalized spacial score (nSPS) is 25.4. The zero-order valence-electron chi connectivity index (χ0n) is 11.4. The van der Waals surface area contributed by atoms with Crippen molar-refractivity contribution in [3.8, 4) is 0 Å². The van der Waals surface area contributed by atoms with Gasteiger partial charge in [-0.05, 0) is 24.7 Å². The first-order valence-corrected chi connectivity index (χ1v) is 7.04. The highest BCUT2D eigenvalue weighted by Gasteiger charge is 2.30. The van der Waals surface area contributed by atoms with Crippen molar-refractivity contribution >= 4 is 11.9 Å². The van der Waals surface area contributed by atoms with Crippen molar-refractivity contribution in [2.24, 2.45) is 17.8 Å². The summed E-state index contributed by atoms with van der Waals surface area (Å²) in [5.41, 5.74) is 0. The van der Waals surface area contributed by atoms with Gasteiger partial charge in [-0.2, -0.15) is 0 Å². The topological polar surface area (TPSA) is 66.4 Å². The largest absolute Gasteiger partial charge is 0.481 e. The van der Waals surface area contributed by atoms with E-state index in [2.05, 4.69) is 19.2 Å². The van der Waals surface area contributed by atoms with Crippen LogP contribution in [0.4, 0.5) is 0 Å². The van der Waals surface area contributed by atoms with Crippen molar-refractivity contribution in [3.63, 3.8) is 0 Å². The lowest BCUT2D eigenvalue weighted by molar-refractivity contribution is -0.145. The van der Waals surface area contributed by atoms with Crippen LogP contribution in [0.5, 0.6) is 0 Å². The summed E-state index contributed by atoms with van der Waals surface area (Å²) in [7, 11) is 0. The Hall–Kier alpha value is -1.06. The Morgan fingerprint density at radius 3 is 2.61 bits per heavy atom. The van der Waals surface area contributed by atoms with Crippen LogP contribution < -0.4 is 5.32 Å². The summed E-state index contributed by atoms with van der Waals surface area (Å²) < 4.78 is 0. The third-order valence-electron chi connectivity index (χ3n) is 4.02. The maximum absolute atomic E-state index is 11.7. The molecule has 2 N–H and O–H groups in total. The zero-order chi connectivity index (χ0) is 13.5. The Labute approximate surface area is 109 Å². The monoisotopic (exact) mass is 255 g/mol. The molecule has 3 unspecified atom stereocenters. The standard InChI is InChI=1S/C14H25NO3/c1-3-10(2)8-13(16)15-9-11-6-4-5-7-12(11)14(17)18/h10-12H,3-9H2,1-2H3,(H,15,16)(H,17,18). The van der Waals surface area contributed by atoms with Crippen molar-refractivity contribution in [1.29, 1.82) is 0 Å². The third-order valence-corrected chi connectivity index (χ3v) is 4.02. The first-order chi connectivity index (χ1) is 8.54. The van der Waals surface area contributed by atoms with Crippen molar-refractivity contribution < 1.29 is 14.7 Å². The molecule has 0 aliphatic heterocycles. The van der Waals surface area contributed by atoms with Crippen LogP contribution in [0.3, 0.4) is 0 Å². The Morgan fingerprint density at radius 2 is 2.00 bits per heavy atom. The number of hydrogen-bond donors (Lipinski definition) is 2. The van der Waals surface area contributed by atoms with E-state index in [0.717, 1.165) is 32.1 Å². The van der Waals surface area contributed by atoms with Crippen LogP contribution in [-0.2, 0) is 9.59 Å². The fourth-order valence-corrected chi connectivity index (χ4v) is 2.56. The average Bonchev–Trinajstić information content (AvgIpc) is 2.36. The molecule has 1 rings (SSSR count). The van der Waals surface area contributed by atoms with Gasteiger partial charge in [0.2, 0.25) is 5.91 Å². The van der Waals surface area contributed by atoms with Crippen molar-refractivity contribution in [3.05, 3.63) is 0 Å². The second-order valence-corrected chi connectivity index (χ2v) is 5.51. The molecule has 0 aromatic carbocycles. The van der Waals surface area contributed by atoms with Crippen LogP contribution in [0.25, 0.3) is 0 Å². The van der Waals surface area contributed by atoms with E-state index < -0.39 is 5.97 Å². The molecule has 18 heavy (non-hydrogen) atoms. The van der Waals surface area contributed by atoms with Gasteiger partial charge in [0.25, 0.3) is 0 Å². The van der Waals surface area contributed by atoms with Crippen LogP contribution in [0.2, 0.25) is 0 Å². The van der Waals surface area contributed by atoms with Gasteiger partial charge < -0.3 is 10.4 Å².